The van der Waals surface area contributed by atoms with Crippen LogP contribution in [0, 0.1) is 11.6 Å². The predicted octanol–water partition coefficient (Wildman–Crippen LogP) is 3.42. The van der Waals surface area contributed by atoms with Crippen molar-refractivity contribution in [3.05, 3.63) is 41.7 Å². The number of aryl methyl sites for hydroxylation is 1. The van der Waals surface area contributed by atoms with Crippen molar-refractivity contribution in [1.82, 2.24) is 9.97 Å². The first kappa shape index (κ1) is 13.4. The molecule has 3 nitrogen and oxygen atoms in total. The van der Waals surface area contributed by atoms with Gasteiger partial charge in [0.25, 0.3) is 0 Å². The van der Waals surface area contributed by atoms with Crippen LogP contribution in [-0.2, 0) is 6.42 Å². The van der Waals surface area contributed by atoms with Crippen LogP contribution in [0.1, 0.15) is 19.7 Å². The van der Waals surface area contributed by atoms with Crippen molar-refractivity contribution in [3.8, 4) is 11.3 Å². The van der Waals surface area contributed by atoms with Gasteiger partial charge >= 0.3 is 0 Å². The average molecular weight is 263 g/mol. The Balaban J connectivity index is 2.50. The molecule has 1 N–H and O–H groups in total. The third-order valence-corrected chi connectivity index (χ3v) is 2.60. The number of hydrogen-bond acceptors (Lipinski definition) is 3. The number of anilines is 1. The number of nitrogens with one attached hydrogen (secondary N) is 1. The molecule has 0 amide bonds. The van der Waals surface area contributed by atoms with E-state index in [1.165, 1.54) is 12.1 Å². The number of nitrogens with zero attached hydrogens (tertiary/aromatic N) is 2. The first-order valence-electron chi connectivity index (χ1n) is 6.20. The minimum atomic E-state index is -0.614. The molecular weight excluding hydrogens is 248 g/mol. The van der Waals surface area contributed by atoms with Gasteiger partial charge in [0.1, 0.15) is 23.3 Å². The second kappa shape index (κ2) is 5.73. The average Bonchev–Trinajstić information content (AvgIpc) is 2.37. The van der Waals surface area contributed by atoms with Crippen LogP contribution < -0.4 is 5.32 Å². The molecule has 0 aliphatic heterocycles. The second-order valence-electron chi connectivity index (χ2n) is 4.10. The van der Waals surface area contributed by atoms with Gasteiger partial charge in [0.05, 0.1) is 5.69 Å². The summed E-state index contributed by atoms with van der Waals surface area (Å²) in [5, 5.41) is 3.08. The van der Waals surface area contributed by atoms with Crippen molar-refractivity contribution in [1.29, 1.82) is 0 Å². The van der Waals surface area contributed by atoms with E-state index in [0.717, 1.165) is 12.6 Å². The summed E-state index contributed by atoms with van der Waals surface area (Å²) in [5.74, 6) is 0.0699. The molecule has 1 aromatic carbocycles. The third-order valence-electron chi connectivity index (χ3n) is 2.60. The first-order chi connectivity index (χ1) is 9.12. The number of rotatable bonds is 4. The lowest BCUT2D eigenvalue weighted by Crippen LogP contribution is -2.04. The van der Waals surface area contributed by atoms with E-state index >= 15 is 0 Å². The van der Waals surface area contributed by atoms with Crippen molar-refractivity contribution in [2.24, 2.45) is 0 Å². The zero-order valence-electron chi connectivity index (χ0n) is 10.9. The maximum Gasteiger partial charge on any atom is 0.131 e. The van der Waals surface area contributed by atoms with Gasteiger partial charge in [-0.1, -0.05) is 6.92 Å². The second-order valence-corrected chi connectivity index (χ2v) is 4.10. The first-order valence-corrected chi connectivity index (χ1v) is 6.20. The normalized spacial score (nSPS) is 10.5. The van der Waals surface area contributed by atoms with Crippen LogP contribution in [0.25, 0.3) is 11.3 Å². The molecule has 100 valence electrons. The number of aromatic nitrogens is 2. The Morgan fingerprint density at radius 1 is 1.00 bits per heavy atom. The van der Waals surface area contributed by atoms with Crippen molar-refractivity contribution in [3.63, 3.8) is 0 Å². The highest BCUT2D eigenvalue weighted by Crippen LogP contribution is 2.22. The summed E-state index contributed by atoms with van der Waals surface area (Å²) in [6, 6.07) is 5.06. The van der Waals surface area contributed by atoms with Crippen LogP contribution in [0.3, 0.4) is 0 Å². The predicted molar refractivity (Wildman–Crippen MR) is 70.9 cm³/mol. The Labute approximate surface area is 110 Å². The molecule has 2 rings (SSSR count). The van der Waals surface area contributed by atoms with E-state index in [9.17, 15) is 8.78 Å². The third kappa shape index (κ3) is 3.24. The van der Waals surface area contributed by atoms with E-state index < -0.39 is 11.6 Å². The van der Waals surface area contributed by atoms with Crippen LogP contribution in [0.5, 0.6) is 0 Å². The highest BCUT2D eigenvalue weighted by atomic mass is 19.1. The van der Waals surface area contributed by atoms with Crippen LogP contribution >= 0.6 is 0 Å². The zero-order valence-corrected chi connectivity index (χ0v) is 10.9. The molecule has 0 bridgehead atoms. The van der Waals surface area contributed by atoms with Gasteiger partial charge < -0.3 is 5.32 Å². The Bertz CT molecular complexity index is 565. The summed E-state index contributed by atoms with van der Waals surface area (Å²) >= 11 is 0. The topological polar surface area (TPSA) is 37.8 Å². The van der Waals surface area contributed by atoms with Crippen LogP contribution in [0.15, 0.2) is 24.3 Å². The monoisotopic (exact) mass is 263 g/mol. The lowest BCUT2D eigenvalue weighted by Gasteiger charge is -2.08. The molecule has 0 spiro atoms. The molecule has 1 heterocycles. The molecule has 0 saturated heterocycles. The van der Waals surface area contributed by atoms with Gasteiger partial charge in [-0.3, -0.25) is 0 Å². The molecule has 0 fully saturated rings. The van der Waals surface area contributed by atoms with Gasteiger partial charge in [-0.15, -0.1) is 0 Å². The minimum absolute atomic E-state index is 0.411. The van der Waals surface area contributed by atoms with Crippen LogP contribution in [-0.4, -0.2) is 16.5 Å². The fourth-order valence-electron chi connectivity index (χ4n) is 1.78. The fourth-order valence-corrected chi connectivity index (χ4v) is 1.78. The molecule has 0 unspecified atom stereocenters. The van der Waals surface area contributed by atoms with Crippen molar-refractivity contribution >= 4 is 5.82 Å². The van der Waals surface area contributed by atoms with Gasteiger partial charge in [-0.2, -0.15) is 0 Å². The highest BCUT2D eigenvalue weighted by molar-refractivity contribution is 5.62. The maximum absolute atomic E-state index is 13.2. The van der Waals surface area contributed by atoms with E-state index in [4.69, 9.17) is 0 Å². The molecule has 5 heteroatoms. The van der Waals surface area contributed by atoms with E-state index in [1.54, 1.807) is 6.07 Å². The molecule has 2 aromatic rings. The SMILES string of the molecule is CCNc1cc(-c2cc(F)cc(F)c2)nc(CC)n1. The van der Waals surface area contributed by atoms with Crippen molar-refractivity contribution in [2.75, 3.05) is 11.9 Å². The Hall–Kier alpha value is -2.04. The molecule has 19 heavy (non-hydrogen) atoms. The highest BCUT2D eigenvalue weighted by Gasteiger charge is 2.08. The van der Waals surface area contributed by atoms with Crippen molar-refractivity contribution in [2.45, 2.75) is 20.3 Å². The van der Waals surface area contributed by atoms with Gasteiger partial charge in [0.15, 0.2) is 0 Å². The molecule has 1 aromatic heterocycles. The number of halogens is 2. The summed E-state index contributed by atoms with van der Waals surface area (Å²) in [5.41, 5.74) is 0.926. The zero-order chi connectivity index (χ0) is 13.8. The van der Waals surface area contributed by atoms with E-state index in [2.05, 4.69) is 15.3 Å². The molecular formula is C14H15F2N3. The van der Waals surface area contributed by atoms with Gasteiger partial charge in [0, 0.05) is 30.7 Å². The molecule has 0 saturated carbocycles. The van der Waals surface area contributed by atoms with E-state index in [0.29, 0.717) is 29.3 Å². The Morgan fingerprint density at radius 2 is 1.68 bits per heavy atom. The summed E-state index contributed by atoms with van der Waals surface area (Å²) in [6.45, 7) is 4.60. The molecule has 0 atom stereocenters. The largest absolute Gasteiger partial charge is 0.370 e. The van der Waals surface area contributed by atoms with E-state index in [-0.39, 0.29) is 0 Å². The summed E-state index contributed by atoms with van der Waals surface area (Å²) < 4.78 is 26.5. The van der Waals surface area contributed by atoms with Crippen molar-refractivity contribution < 1.29 is 8.78 Å². The van der Waals surface area contributed by atoms with E-state index in [1.807, 2.05) is 13.8 Å². The summed E-state index contributed by atoms with van der Waals surface area (Å²) in [4.78, 5) is 8.60. The van der Waals surface area contributed by atoms with Crippen LogP contribution in [0.4, 0.5) is 14.6 Å². The minimum Gasteiger partial charge on any atom is -0.370 e. The lowest BCUT2D eigenvalue weighted by atomic mass is 10.1. The standard InChI is InChI=1S/C14H15F2N3/c1-3-13-18-12(8-14(19-13)17-4-2)9-5-10(15)7-11(16)6-9/h5-8H,3-4H2,1-2H3,(H,17,18,19). The van der Waals surface area contributed by atoms with Crippen LogP contribution in [0.2, 0.25) is 0 Å². The number of hydrogen-bond donors (Lipinski definition) is 1. The summed E-state index contributed by atoms with van der Waals surface area (Å²) in [7, 11) is 0. The Morgan fingerprint density at radius 3 is 2.26 bits per heavy atom. The van der Waals surface area contributed by atoms with Gasteiger partial charge in [-0.05, 0) is 19.1 Å². The molecule has 0 aliphatic rings. The smallest absolute Gasteiger partial charge is 0.131 e. The Kier molecular flexibility index (Phi) is 4.04. The quantitative estimate of drug-likeness (QED) is 0.918. The fraction of sp³-hybridized carbons (Fsp3) is 0.286. The maximum atomic E-state index is 13.2. The summed E-state index contributed by atoms with van der Waals surface area (Å²) in [6.07, 6.45) is 0.657. The van der Waals surface area contributed by atoms with Gasteiger partial charge in [-0.25, -0.2) is 18.7 Å². The lowest BCUT2D eigenvalue weighted by molar-refractivity contribution is 0.584. The number of benzene rings is 1. The molecule has 0 radical (unpaired) electrons. The molecule has 0 aliphatic carbocycles. The van der Waals surface area contributed by atoms with Gasteiger partial charge in [0.2, 0.25) is 0 Å².